The van der Waals surface area contributed by atoms with Crippen LogP contribution in [0.15, 0.2) is 11.8 Å². The van der Waals surface area contributed by atoms with Gasteiger partial charge in [0.1, 0.15) is 5.76 Å². The number of ether oxygens (including phenoxy) is 1. The second-order valence-corrected chi connectivity index (χ2v) is 2.65. The fourth-order valence-electron chi connectivity index (χ4n) is 1.31. The minimum atomic E-state index is -0.0414. The Labute approximate surface area is 64.1 Å². The molecule has 0 bridgehead atoms. The van der Waals surface area contributed by atoms with Crippen molar-refractivity contribution >= 4 is 5.91 Å². The molecule has 0 radical (unpaired) electrons. The molecule has 2 aliphatic heterocycles. The number of hydrogen-bond acceptors (Lipinski definition) is 3. The second-order valence-electron chi connectivity index (χ2n) is 2.65. The van der Waals surface area contributed by atoms with Crippen molar-refractivity contribution < 1.29 is 14.6 Å². The summed E-state index contributed by atoms with van der Waals surface area (Å²) in [7, 11) is 0. The van der Waals surface area contributed by atoms with E-state index in [1.54, 1.807) is 11.0 Å². The molecule has 2 saturated heterocycles. The first kappa shape index (κ1) is 6.67. The van der Waals surface area contributed by atoms with Gasteiger partial charge in [0.25, 0.3) is 0 Å². The van der Waals surface area contributed by atoms with Crippen LogP contribution in [0.5, 0.6) is 0 Å². The summed E-state index contributed by atoms with van der Waals surface area (Å²) in [6, 6.07) is 0. The van der Waals surface area contributed by atoms with Crippen LogP contribution in [-0.2, 0) is 9.53 Å². The average Bonchev–Trinajstić information content (AvgIpc) is 2.29. The van der Waals surface area contributed by atoms with Gasteiger partial charge in [-0.15, -0.1) is 0 Å². The number of β-lactam (4-membered cyclic amide) rings is 1. The number of fused-ring (bicyclic) bond motifs is 1. The molecule has 0 aromatic heterocycles. The molecule has 2 rings (SSSR count). The molecule has 4 nitrogen and oxygen atoms in total. The van der Waals surface area contributed by atoms with E-state index < -0.39 is 0 Å². The quantitative estimate of drug-likeness (QED) is 0.517. The van der Waals surface area contributed by atoms with Crippen molar-refractivity contribution in [2.24, 2.45) is 0 Å². The molecule has 1 atom stereocenters. The van der Waals surface area contributed by atoms with Crippen molar-refractivity contribution in [3.05, 3.63) is 11.8 Å². The molecule has 60 valence electrons. The van der Waals surface area contributed by atoms with Crippen molar-refractivity contribution in [3.63, 3.8) is 0 Å². The first-order valence-corrected chi connectivity index (χ1v) is 3.57. The SMILES string of the molecule is O=C1CC2O/C(=C\CO)CN12. The third kappa shape index (κ3) is 0.903. The van der Waals surface area contributed by atoms with Crippen molar-refractivity contribution in [2.45, 2.75) is 12.6 Å². The Morgan fingerprint density at radius 2 is 2.64 bits per heavy atom. The molecule has 2 aliphatic rings. The van der Waals surface area contributed by atoms with Gasteiger partial charge in [0.15, 0.2) is 6.23 Å². The van der Waals surface area contributed by atoms with Crippen molar-refractivity contribution in [2.75, 3.05) is 13.2 Å². The van der Waals surface area contributed by atoms with Crippen LogP contribution in [0.4, 0.5) is 0 Å². The monoisotopic (exact) mass is 155 g/mol. The standard InChI is InChI=1S/C7H9NO3/c9-2-1-5-4-8-6(10)3-7(8)11-5/h1,7,9H,2-4H2/b5-1-. The highest BCUT2D eigenvalue weighted by Crippen LogP contribution is 2.30. The van der Waals surface area contributed by atoms with Crippen molar-refractivity contribution in [1.82, 2.24) is 4.90 Å². The topological polar surface area (TPSA) is 49.8 Å². The van der Waals surface area contributed by atoms with Gasteiger partial charge in [-0.1, -0.05) is 0 Å². The number of aliphatic hydroxyl groups is 1. The lowest BCUT2D eigenvalue weighted by Gasteiger charge is -2.30. The number of carbonyl (C=O) groups is 1. The summed E-state index contributed by atoms with van der Waals surface area (Å²) in [6.45, 7) is 0.508. The van der Waals surface area contributed by atoms with E-state index in [2.05, 4.69) is 0 Å². The number of nitrogens with zero attached hydrogens (tertiary/aromatic N) is 1. The number of amides is 1. The summed E-state index contributed by atoms with van der Waals surface area (Å²) in [6.07, 6.45) is 2.04. The Kier molecular flexibility index (Phi) is 1.35. The van der Waals surface area contributed by atoms with Crippen LogP contribution in [-0.4, -0.2) is 35.3 Å². The lowest BCUT2D eigenvalue weighted by Crippen LogP contribution is -2.48. The van der Waals surface area contributed by atoms with Gasteiger partial charge < -0.3 is 9.84 Å². The van der Waals surface area contributed by atoms with Crippen LogP contribution < -0.4 is 0 Å². The summed E-state index contributed by atoms with van der Waals surface area (Å²) in [4.78, 5) is 12.5. The molecule has 11 heavy (non-hydrogen) atoms. The minimum Gasteiger partial charge on any atom is -0.473 e. The van der Waals surface area contributed by atoms with Gasteiger partial charge in [0.05, 0.1) is 19.6 Å². The zero-order valence-corrected chi connectivity index (χ0v) is 5.99. The van der Waals surface area contributed by atoms with Gasteiger partial charge in [0, 0.05) is 0 Å². The Morgan fingerprint density at radius 3 is 3.18 bits per heavy atom. The smallest absolute Gasteiger partial charge is 0.231 e. The molecule has 0 aromatic rings. The van der Waals surface area contributed by atoms with E-state index in [-0.39, 0.29) is 18.7 Å². The third-order valence-electron chi connectivity index (χ3n) is 1.95. The summed E-state index contributed by atoms with van der Waals surface area (Å²) in [5.74, 6) is 0.847. The normalized spacial score (nSPS) is 31.7. The molecule has 2 heterocycles. The highest BCUT2D eigenvalue weighted by Gasteiger charge is 2.43. The van der Waals surface area contributed by atoms with Gasteiger partial charge in [-0.2, -0.15) is 0 Å². The van der Waals surface area contributed by atoms with E-state index in [9.17, 15) is 4.79 Å². The average molecular weight is 155 g/mol. The number of rotatable bonds is 1. The molecule has 1 unspecified atom stereocenters. The maximum atomic E-state index is 10.8. The molecule has 0 spiro atoms. The van der Waals surface area contributed by atoms with Crippen LogP contribution in [0.1, 0.15) is 6.42 Å². The first-order chi connectivity index (χ1) is 5.31. The fraction of sp³-hybridized carbons (Fsp3) is 0.571. The molecule has 1 N–H and O–H groups in total. The van der Waals surface area contributed by atoms with Gasteiger partial charge in [-0.05, 0) is 6.08 Å². The van der Waals surface area contributed by atoms with Crippen molar-refractivity contribution in [1.29, 1.82) is 0 Å². The zero-order valence-electron chi connectivity index (χ0n) is 5.99. The van der Waals surface area contributed by atoms with Crippen LogP contribution in [0, 0.1) is 0 Å². The van der Waals surface area contributed by atoms with E-state index >= 15 is 0 Å². The summed E-state index contributed by atoms with van der Waals surface area (Å²) < 4.78 is 5.28. The molecule has 0 saturated carbocycles. The van der Waals surface area contributed by atoms with Crippen LogP contribution in [0.3, 0.4) is 0 Å². The maximum Gasteiger partial charge on any atom is 0.231 e. The zero-order chi connectivity index (χ0) is 7.84. The Balaban J connectivity index is 2.04. The highest BCUT2D eigenvalue weighted by molar-refractivity contribution is 5.83. The van der Waals surface area contributed by atoms with E-state index in [4.69, 9.17) is 9.84 Å². The van der Waals surface area contributed by atoms with Crippen molar-refractivity contribution in [3.8, 4) is 0 Å². The van der Waals surface area contributed by atoms with Crippen LogP contribution >= 0.6 is 0 Å². The molecular weight excluding hydrogens is 146 g/mol. The summed E-state index contributed by atoms with van der Waals surface area (Å²) in [5.41, 5.74) is 0. The number of hydrogen-bond donors (Lipinski definition) is 1. The van der Waals surface area contributed by atoms with E-state index in [0.717, 1.165) is 0 Å². The summed E-state index contributed by atoms with van der Waals surface area (Å²) >= 11 is 0. The van der Waals surface area contributed by atoms with Crippen LogP contribution in [0.2, 0.25) is 0 Å². The van der Waals surface area contributed by atoms with E-state index in [0.29, 0.717) is 18.7 Å². The molecule has 2 fully saturated rings. The van der Waals surface area contributed by atoms with Gasteiger partial charge in [-0.3, -0.25) is 9.69 Å². The van der Waals surface area contributed by atoms with Gasteiger partial charge >= 0.3 is 0 Å². The number of aliphatic hydroxyl groups excluding tert-OH is 1. The predicted octanol–water partition coefficient (Wildman–Crippen LogP) is -0.549. The molecule has 4 heteroatoms. The molecule has 1 amide bonds. The fourth-order valence-corrected chi connectivity index (χ4v) is 1.31. The first-order valence-electron chi connectivity index (χ1n) is 3.57. The molecule has 0 aromatic carbocycles. The Morgan fingerprint density at radius 1 is 1.82 bits per heavy atom. The lowest BCUT2D eigenvalue weighted by atomic mass is 10.2. The maximum absolute atomic E-state index is 10.8. The minimum absolute atomic E-state index is 0.0237. The van der Waals surface area contributed by atoms with Crippen LogP contribution in [0.25, 0.3) is 0 Å². The molecule has 0 aliphatic carbocycles. The lowest BCUT2D eigenvalue weighted by molar-refractivity contribution is -0.154. The molecular formula is C7H9NO3. The van der Waals surface area contributed by atoms with E-state index in [1.165, 1.54) is 0 Å². The second kappa shape index (κ2) is 2.23. The van der Waals surface area contributed by atoms with E-state index in [1.807, 2.05) is 0 Å². The van der Waals surface area contributed by atoms with Gasteiger partial charge in [-0.25, -0.2) is 0 Å². The largest absolute Gasteiger partial charge is 0.473 e. The van der Waals surface area contributed by atoms with Gasteiger partial charge in [0.2, 0.25) is 5.91 Å². The summed E-state index contributed by atoms with van der Waals surface area (Å²) in [5, 5.41) is 8.53. The predicted molar refractivity (Wildman–Crippen MR) is 36.4 cm³/mol. The third-order valence-corrected chi connectivity index (χ3v) is 1.95. The highest BCUT2D eigenvalue weighted by atomic mass is 16.5. The number of carbonyl (C=O) groups excluding carboxylic acids is 1. The Hall–Kier alpha value is -1.03. The Bertz CT molecular complexity index is 224.